The minimum absolute atomic E-state index is 0.267. The van der Waals surface area contributed by atoms with Crippen LogP contribution < -0.4 is 10.6 Å². The number of urea groups is 1. The lowest BCUT2D eigenvalue weighted by atomic mass is 10.0. The molecule has 3 aromatic rings. The first-order valence-electron chi connectivity index (χ1n) is 7.91. The van der Waals surface area contributed by atoms with Crippen molar-refractivity contribution in [3.63, 3.8) is 0 Å². The fourth-order valence-corrected chi connectivity index (χ4v) is 2.67. The van der Waals surface area contributed by atoms with Gasteiger partial charge in [0.05, 0.1) is 5.52 Å². The second kappa shape index (κ2) is 6.70. The van der Waals surface area contributed by atoms with Crippen LogP contribution in [0.15, 0.2) is 42.5 Å². The normalized spacial score (nSPS) is 10.9. The van der Waals surface area contributed by atoms with Crippen molar-refractivity contribution in [2.24, 2.45) is 5.73 Å². The van der Waals surface area contributed by atoms with Gasteiger partial charge in [0.15, 0.2) is 5.82 Å². The molecule has 0 saturated carbocycles. The third kappa shape index (κ3) is 3.08. The molecule has 1 aromatic heterocycles. The van der Waals surface area contributed by atoms with Gasteiger partial charge in [-0.2, -0.15) is 5.10 Å². The number of anilines is 1. The second-order valence-corrected chi connectivity index (χ2v) is 5.66. The van der Waals surface area contributed by atoms with Crippen LogP contribution in [0.5, 0.6) is 0 Å². The SMILES string of the molecule is CCCCN(C(N)=O)c1n[nH]c2cc(-c3ccc(F)cc3)ccc12. The Hall–Kier alpha value is -2.89. The molecule has 3 N–H and O–H groups in total. The van der Waals surface area contributed by atoms with Crippen LogP contribution in [0.1, 0.15) is 19.8 Å². The highest BCUT2D eigenvalue weighted by molar-refractivity contribution is 6.01. The molecule has 2 amide bonds. The maximum Gasteiger partial charge on any atom is 0.320 e. The molecule has 6 heteroatoms. The summed E-state index contributed by atoms with van der Waals surface area (Å²) in [5.41, 5.74) is 8.14. The van der Waals surface area contributed by atoms with Gasteiger partial charge in [0, 0.05) is 11.9 Å². The van der Waals surface area contributed by atoms with Crippen LogP contribution in [-0.4, -0.2) is 22.8 Å². The molecule has 0 atom stereocenters. The van der Waals surface area contributed by atoms with E-state index >= 15 is 0 Å². The molecule has 0 spiro atoms. The summed E-state index contributed by atoms with van der Waals surface area (Å²) in [6.45, 7) is 2.59. The summed E-state index contributed by atoms with van der Waals surface area (Å²) in [6.07, 6.45) is 1.81. The number of nitrogens with two attached hydrogens (primary N) is 1. The molecule has 124 valence electrons. The number of carbonyl (C=O) groups excluding carboxylic acids is 1. The Morgan fingerprint density at radius 3 is 2.58 bits per heavy atom. The standard InChI is InChI=1S/C18H19FN4O/c1-2-3-10-23(18(20)24)17-15-9-6-13(11-16(15)21-22-17)12-4-7-14(19)8-5-12/h4-9,11H,2-3,10H2,1H3,(H2,20,24)(H,21,22). The number of benzene rings is 2. The van der Waals surface area contributed by atoms with Crippen LogP contribution >= 0.6 is 0 Å². The number of primary amides is 1. The summed E-state index contributed by atoms with van der Waals surface area (Å²) in [4.78, 5) is 13.2. The van der Waals surface area contributed by atoms with Crippen molar-refractivity contribution >= 4 is 22.8 Å². The van der Waals surface area contributed by atoms with Crippen molar-refractivity contribution in [1.82, 2.24) is 10.2 Å². The lowest BCUT2D eigenvalue weighted by molar-refractivity contribution is 0.253. The van der Waals surface area contributed by atoms with Gasteiger partial charge in [-0.05, 0) is 41.8 Å². The van der Waals surface area contributed by atoms with Gasteiger partial charge in [0.1, 0.15) is 5.82 Å². The number of fused-ring (bicyclic) bond motifs is 1. The van der Waals surface area contributed by atoms with Crippen molar-refractivity contribution in [2.75, 3.05) is 11.4 Å². The number of amides is 2. The summed E-state index contributed by atoms with van der Waals surface area (Å²) in [5, 5.41) is 8.04. The molecule has 1 heterocycles. The molecule has 0 fully saturated rings. The zero-order chi connectivity index (χ0) is 17.1. The molecule has 0 bridgehead atoms. The molecule has 24 heavy (non-hydrogen) atoms. The van der Waals surface area contributed by atoms with E-state index in [4.69, 9.17) is 5.73 Å². The predicted octanol–water partition coefficient (Wildman–Crippen LogP) is 4.05. The summed E-state index contributed by atoms with van der Waals surface area (Å²) in [7, 11) is 0. The number of halogens is 1. The number of nitrogens with zero attached hydrogens (tertiary/aromatic N) is 2. The van der Waals surface area contributed by atoms with Crippen LogP contribution in [0, 0.1) is 5.82 Å². The van der Waals surface area contributed by atoms with Gasteiger partial charge in [0.25, 0.3) is 0 Å². The van der Waals surface area contributed by atoms with E-state index in [0.29, 0.717) is 12.4 Å². The third-order valence-corrected chi connectivity index (χ3v) is 3.98. The van der Waals surface area contributed by atoms with Gasteiger partial charge in [-0.1, -0.05) is 31.5 Å². The highest BCUT2D eigenvalue weighted by Gasteiger charge is 2.18. The van der Waals surface area contributed by atoms with E-state index in [9.17, 15) is 9.18 Å². The van der Waals surface area contributed by atoms with Crippen molar-refractivity contribution < 1.29 is 9.18 Å². The fourth-order valence-electron chi connectivity index (χ4n) is 2.67. The number of H-pyrrole nitrogens is 1. The number of carbonyl (C=O) groups is 1. The van der Waals surface area contributed by atoms with E-state index in [1.165, 1.54) is 17.0 Å². The highest BCUT2D eigenvalue weighted by Crippen LogP contribution is 2.29. The van der Waals surface area contributed by atoms with E-state index in [2.05, 4.69) is 17.1 Å². The smallest absolute Gasteiger partial charge is 0.320 e. The first kappa shape index (κ1) is 16.0. The Kier molecular flexibility index (Phi) is 4.46. The third-order valence-electron chi connectivity index (χ3n) is 3.98. The Morgan fingerprint density at radius 1 is 1.21 bits per heavy atom. The zero-order valence-corrected chi connectivity index (χ0v) is 13.4. The van der Waals surface area contributed by atoms with Gasteiger partial charge >= 0.3 is 6.03 Å². The van der Waals surface area contributed by atoms with Gasteiger partial charge in [-0.3, -0.25) is 10.00 Å². The highest BCUT2D eigenvalue weighted by atomic mass is 19.1. The van der Waals surface area contributed by atoms with Gasteiger partial charge in [-0.15, -0.1) is 0 Å². The quantitative estimate of drug-likeness (QED) is 0.742. The first-order chi connectivity index (χ1) is 11.6. The van der Waals surface area contributed by atoms with Crippen molar-refractivity contribution in [2.45, 2.75) is 19.8 Å². The minimum atomic E-state index is -0.514. The van der Waals surface area contributed by atoms with Crippen LogP contribution in [0.4, 0.5) is 15.0 Å². The number of unbranched alkanes of at least 4 members (excludes halogenated alkanes) is 1. The summed E-state index contributed by atoms with van der Waals surface area (Å²) >= 11 is 0. The van der Waals surface area contributed by atoms with Crippen LogP contribution in [0.2, 0.25) is 0 Å². The minimum Gasteiger partial charge on any atom is -0.351 e. The molecule has 2 aromatic carbocycles. The maximum atomic E-state index is 13.1. The Morgan fingerprint density at radius 2 is 1.92 bits per heavy atom. The maximum absolute atomic E-state index is 13.1. The van der Waals surface area contributed by atoms with Crippen molar-refractivity contribution in [3.8, 4) is 11.1 Å². The second-order valence-electron chi connectivity index (χ2n) is 5.66. The molecular formula is C18H19FN4O. The van der Waals surface area contributed by atoms with Gasteiger partial charge in [0.2, 0.25) is 0 Å². The lowest BCUT2D eigenvalue weighted by Gasteiger charge is -2.17. The topological polar surface area (TPSA) is 75.0 Å². The largest absolute Gasteiger partial charge is 0.351 e. The van der Waals surface area contributed by atoms with Crippen LogP contribution in [-0.2, 0) is 0 Å². The number of aromatic nitrogens is 2. The predicted molar refractivity (Wildman–Crippen MR) is 93.3 cm³/mol. The van der Waals surface area contributed by atoms with E-state index < -0.39 is 6.03 Å². The molecule has 0 unspecified atom stereocenters. The average molecular weight is 326 g/mol. The molecule has 0 radical (unpaired) electrons. The van der Waals surface area contributed by atoms with Crippen molar-refractivity contribution in [1.29, 1.82) is 0 Å². The van der Waals surface area contributed by atoms with Crippen LogP contribution in [0.3, 0.4) is 0 Å². The monoisotopic (exact) mass is 326 g/mol. The molecule has 0 aliphatic heterocycles. The summed E-state index contributed by atoms with van der Waals surface area (Å²) < 4.78 is 13.1. The van der Waals surface area contributed by atoms with Gasteiger partial charge in [-0.25, -0.2) is 9.18 Å². The Balaban J connectivity index is 1.98. The first-order valence-corrected chi connectivity index (χ1v) is 7.91. The summed E-state index contributed by atoms with van der Waals surface area (Å²) in [5.74, 6) is 0.272. The zero-order valence-electron chi connectivity index (χ0n) is 13.4. The van der Waals surface area contributed by atoms with Gasteiger partial charge < -0.3 is 5.73 Å². The lowest BCUT2D eigenvalue weighted by Crippen LogP contribution is -2.36. The van der Waals surface area contributed by atoms with Crippen molar-refractivity contribution in [3.05, 3.63) is 48.3 Å². The Bertz CT molecular complexity index is 857. The summed E-state index contributed by atoms with van der Waals surface area (Å²) in [6, 6.07) is 11.5. The number of nitrogens with one attached hydrogen (secondary N) is 1. The number of hydrogen-bond donors (Lipinski definition) is 2. The molecule has 5 nitrogen and oxygen atoms in total. The Labute approximate surface area is 139 Å². The average Bonchev–Trinajstić information content (AvgIpc) is 2.99. The van der Waals surface area contributed by atoms with E-state index in [-0.39, 0.29) is 5.82 Å². The number of rotatable bonds is 5. The fraction of sp³-hybridized carbons (Fsp3) is 0.222. The molecule has 0 aliphatic rings. The van der Waals surface area contributed by atoms with E-state index in [0.717, 1.165) is 34.9 Å². The molecular weight excluding hydrogens is 307 g/mol. The number of aromatic amines is 1. The number of hydrogen-bond acceptors (Lipinski definition) is 2. The van der Waals surface area contributed by atoms with E-state index in [1.807, 2.05) is 18.2 Å². The molecule has 0 saturated heterocycles. The van der Waals surface area contributed by atoms with E-state index in [1.54, 1.807) is 12.1 Å². The molecule has 0 aliphatic carbocycles. The molecule has 3 rings (SSSR count). The van der Waals surface area contributed by atoms with Crippen LogP contribution in [0.25, 0.3) is 22.0 Å².